The van der Waals surface area contributed by atoms with Crippen LogP contribution in [0.5, 0.6) is 5.75 Å². The molecular weight excluding hydrogens is 353 g/mol. The maximum atomic E-state index is 12.9. The van der Waals surface area contributed by atoms with Crippen LogP contribution in [0.2, 0.25) is 0 Å². The van der Waals surface area contributed by atoms with Gasteiger partial charge in [-0.15, -0.1) is 0 Å². The molecule has 0 saturated heterocycles. The number of hydrogen-bond acceptors (Lipinski definition) is 3. The van der Waals surface area contributed by atoms with Crippen LogP contribution >= 0.6 is 0 Å². The van der Waals surface area contributed by atoms with Crippen LogP contribution in [0.25, 0.3) is 0 Å². The normalized spacial score (nSPS) is 11.2. The molecule has 134 valence electrons. The van der Waals surface area contributed by atoms with Crippen molar-refractivity contribution in [1.29, 1.82) is 0 Å². The summed E-state index contributed by atoms with van der Waals surface area (Å²) in [6.07, 6.45) is 0. The quantitative estimate of drug-likeness (QED) is 0.693. The summed E-state index contributed by atoms with van der Waals surface area (Å²) in [6.45, 7) is 2.15. The Kier molecular flexibility index (Phi) is 5.23. The van der Waals surface area contributed by atoms with Gasteiger partial charge in [0, 0.05) is 6.07 Å². The molecule has 0 aliphatic heterocycles. The molecular formula is C20H18FNO3S. The molecule has 0 heterocycles. The molecule has 0 aromatic heterocycles. The Morgan fingerprint density at radius 3 is 2.35 bits per heavy atom. The average Bonchev–Trinajstić information content (AvgIpc) is 2.61. The van der Waals surface area contributed by atoms with E-state index in [9.17, 15) is 12.8 Å². The Morgan fingerprint density at radius 1 is 0.962 bits per heavy atom. The first-order valence-corrected chi connectivity index (χ1v) is 9.47. The Morgan fingerprint density at radius 2 is 1.65 bits per heavy atom. The van der Waals surface area contributed by atoms with Crippen LogP contribution in [0, 0.1) is 12.7 Å². The number of aryl methyl sites for hydroxylation is 1. The fraction of sp³-hybridized carbons (Fsp3) is 0.100. The van der Waals surface area contributed by atoms with Crippen molar-refractivity contribution in [2.24, 2.45) is 0 Å². The minimum absolute atomic E-state index is 0.195. The number of sulfonamides is 1. The van der Waals surface area contributed by atoms with Crippen molar-refractivity contribution >= 4 is 15.7 Å². The van der Waals surface area contributed by atoms with E-state index in [0.29, 0.717) is 11.4 Å². The maximum absolute atomic E-state index is 12.9. The molecule has 0 aliphatic rings. The Bertz CT molecular complexity index is 984. The van der Waals surface area contributed by atoms with Crippen molar-refractivity contribution < 1.29 is 17.5 Å². The zero-order valence-electron chi connectivity index (χ0n) is 14.1. The molecule has 0 radical (unpaired) electrons. The Labute approximate surface area is 152 Å². The SMILES string of the molecule is Cc1ccc(S(=O)(=O)Nc2cccc(OCc3ccc(F)cc3)c2)cc1. The lowest BCUT2D eigenvalue weighted by atomic mass is 10.2. The van der Waals surface area contributed by atoms with Gasteiger partial charge < -0.3 is 4.74 Å². The minimum Gasteiger partial charge on any atom is -0.489 e. The zero-order valence-corrected chi connectivity index (χ0v) is 15.0. The fourth-order valence-electron chi connectivity index (χ4n) is 2.33. The summed E-state index contributed by atoms with van der Waals surface area (Å²) in [5.41, 5.74) is 2.21. The highest BCUT2D eigenvalue weighted by Gasteiger charge is 2.14. The van der Waals surface area contributed by atoms with E-state index in [4.69, 9.17) is 4.74 Å². The molecule has 0 amide bonds. The molecule has 3 aromatic carbocycles. The molecule has 6 heteroatoms. The van der Waals surface area contributed by atoms with Gasteiger partial charge in [-0.3, -0.25) is 4.72 Å². The van der Waals surface area contributed by atoms with Gasteiger partial charge in [-0.05, 0) is 48.9 Å². The van der Waals surface area contributed by atoms with Gasteiger partial charge >= 0.3 is 0 Å². The van der Waals surface area contributed by atoms with E-state index >= 15 is 0 Å². The van der Waals surface area contributed by atoms with E-state index in [2.05, 4.69) is 4.72 Å². The van der Waals surface area contributed by atoms with Crippen LogP contribution in [0.1, 0.15) is 11.1 Å². The van der Waals surface area contributed by atoms with Crippen molar-refractivity contribution in [1.82, 2.24) is 0 Å². The molecule has 26 heavy (non-hydrogen) atoms. The number of rotatable bonds is 6. The van der Waals surface area contributed by atoms with Gasteiger partial charge in [0.1, 0.15) is 18.2 Å². The van der Waals surface area contributed by atoms with Crippen molar-refractivity contribution in [3.05, 3.63) is 89.7 Å². The third-order valence-electron chi connectivity index (χ3n) is 3.74. The van der Waals surface area contributed by atoms with E-state index in [0.717, 1.165) is 11.1 Å². The summed E-state index contributed by atoms with van der Waals surface area (Å²) < 4.78 is 46.0. The van der Waals surface area contributed by atoms with E-state index in [1.807, 2.05) is 6.92 Å². The van der Waals surface area contributed by atoms with Crippen LogP contribution < -0.4 is 9.46 Å². The third-order valence-corrected chi connectivity index (χ3v) is 5.13. The second kappa shape index (κ2) is 7.58. The molecule has 4 nitrogen and oxygen atoms in total. The van der Waals surface area contributed by atoms with Crippen molar-refractivity contribution in [2.45, 2.75) is 18.4 Å². The zero-order chi connectivity index (χ0) is 18.6. The molecule has 0 atom stereocenters. The minimum atomic E-state index is -3.67. The predicted octanol–water partition coefficient (Wildman–Crippen LogP) is 4.51. The monoisotopic (exact) mass is 371 g/mol. The van der Waals surface area contributed by atoms with Gasteiger partial charge in [0.15, 0.2) is 0 Å². The molecule has 1 N–H and O–H groups in total. The largest absolute Gasteiger partial charge is 0.489 e. The fourth-order valence-corrected chi connectivity index (χ4v) is 3.38. The van der Waals surface area contributed by atoms with E-state index in [1.165, 1.54) is 12.1 Å². The molecule has 0 bridgehead atoms. The lowest BCUT2D eigenvalue weighted by molar-refractivity contribution is 0.306. The highest BCUT2D eigenvalue weighted by atomic mass is 32.2. The molecule has 3 rings (SSSR count). The molecule has 3 aromatic rings. The smallest absolute Gasteiger partial charge is 0.261 e. The molecule has 0 spiro atoms. The van der Waals surface area contributed by atoms with Crippen LogP contribution in [-0.2, 0) is 16.6 Å². The lowest BCUT2D eigenvalue weighted by Crippen LogP contribution is -2.12. The first kappa shape index (κ1) is 17.9. The van der Waals surface area contributed by atoms with Gasteiger partial charge in [-0.25, -0.2) is 12.8 Å². The summed E-state index contributed by atoms with van der Waals surface area (Å²) in [5.74, 6) is 0.208. The standard InChI is InChI=1S/C20H18FNO3S/c1-15-5-11-20(12-6-15)26(23,24)22-18-3-2-4-19(13-18)25-14-16-7-9-17(21)10-8-16/h2-13,22H,14H2,1H3. The van der Waals surface area contributed by atoms with Crippen molar-refractivity contribution in [2.75, 3.05) is 4.72 Å². The third kappa shape index (κ3) is 4.61. The highest BCUT2D eigenvalue weighted by Crippen LogP contribution is 2.22. The molecule has 0 aliphatic carbocycles. The summed E-state index contributed by atoms with van der Waals surface area (Å²) in [6, 6.07) is 19.3. The molecule has 0 unspecified atom stereocenters. The summed E-state index contributed by atoms with van der Waals surface area (Å²) in [5, 5.41) is 0. The van der Waals surface area contributed by atoms with E-state index < -0.39 is 10.0 Å². The topological polar surface area (TPSA) is 55.4 Å². The van der Waals surface area contributed by atoms with Crippen LogP contribution in [-0.4, -0.2) is 8.42 Å². The van der Waals surface area contributed by atoms with Crippen LogP contribution in [0.4, 0.5) is 10.1 Å². The van der Waals surface area contributed by atoms with Crippen LogP contribution in [0.15, 0.2) is 77.7 Å². The average molecular weight is 371 g/mol. The number of anilines is 1. The first-order valence-electron chi connectivity index (χ1n) is 7.99. The highest BCUT2D eigenvalue weighted by molar-refractivity contribution is 7.92. The number of ether oxygens (including phenoxy) is 1. The van der Waals surface area contributed by atoms with Crippen molar-refractivity contribution in [3.8, 4) is 5.75 Å². The Balaban J connectivity index is 1.70. The maximum Gasteiger partial charge on any atom is 0.261 e. The van der Waals surface area contributed by atoms with Crippen molar-refractivity contribution in [3.63, 3.8) is 0 Å². The first-order chi connectivity index (χ1) is 12.4. The van der Waals surface area contributed by atoms with E-state index in [1.54, 1.807) is 60.7 Å². The summed E-state index contributed by atoms with van der Waals surface area (Å²) in [7, 11) is -3.67. The number of nitrogens with one attached hydrogen (secondary N) is 1. The van der Waals surface area contributed by atoms with Gasteiger partial charge in [0.25, 0.3) is 10.0 Å². The number of hydrogen-bond donors (Lipinski definition) is 1. The molecule has 0 fully saturated rings. The van der Waals surface area contributed by atoms with Gasteiger partial charge in [0.2, 0.25) is 0 Å². The van der Waals surface area contributed by atoms with E-state index in [-0.39, 0.29) is 17.3 Å². The number of benzene rings is 3. The predicted molar refractivity (Wildman–Crippen MR) is 99.2 cm³/mol. The lowest BCUT2D eigenvalue weighted by Gasteiger charge is -2.11. The second-order valence-corrected chi connectivity index (χ2v) is 7.54. The second-order valence-electron chi connectivity index (χ2n) is 5.86. The summed E-state index contributed by atoms with van der Waals surface area (Å²) >= 11 is 0. The van der Waals surface area contributed by atoms with Gasteiger partial charge in [-0.2, -0.15) is 0 Å². The summed E-state index contributed by atoms with van der Waals surface area (Å²) in [4.78, 5) is 0.195. The molecule has 0 saturated carbocycles. The number of halogens is 1. The van der Waals surface area contributed by atoms with Crippen LogP contribution in [0.3, 0.4) is 0 Å². The van der Waals surface area contributed by atoms with Gasteiger partial charge in [-0.1, -0.05) is 35.9 Å². The van der Waals surface area contributed by atoms with Gasteiger partial charge in [0.05, 0.1) is 10.6 Å². The Hall–Kier alpha value is -2.86.